The molecule has 1 aliphatic rings. The molecule has 0 saturated carbocycles. The van der Waals surface area contributed by atoms with Crippen molar-refractivity contribution in [1.82, 2.24) is 9.88 Å². The van der Waals surface area contributed by atoms with Crippen molar-refractivity contribution in [3.8, 4) is 0 Å². The normalized spacial score (nSPS) is 16.8. The minimum Gasteiger partial charge on any atom is -0.396 e. The summed E-state index contributed by atoms with van der Waals surface area (Å²) in [5.74, 6) is 0.370. The van der Waals surface area contributed by atoms with Crippen molar-refractivity contribution < 1.29 is 9.90 Å². The van der Waals surface area contributed by atoms with Crippen LogP contribution in [0.25, 0.3) is 10.9 Å². The van der Waals surface area contributed by atoms with E-state index in [0.717, 1.165) is 28.2 Å². The zero-order chi connectivity index (χ0) is 14.1. The van der Waals surface area contributed by atoms with E-state index < -0.39 is 0 Å². The summed E-state index contributed by atoms with van der Waals surface area (Å²) in [4.78, 5) is 17.6. The number of H-pyrrole nitrogens is 1. The zero-order valence-electron chi connectivity index (χ0n) is 11.1. The molecule has 1 aromatic heterocycles. The number of nitrogens with zero attached hydrogens (tertiary/aromatic N) is 1. The molecule has 0 unspecified atom stereocenters. The molecule has 4 nitrogen and oxygen atoms in total. The lowest BCUT2D eigenvalue weighted by Gasteiger charge is -2.30. The maximum Gasteiger partial charge on any atom is 0.271 e. The van der Waals surface area contributed by atoms with Crippen molar-refractivity contribution in [3.63, 3.8) is 0 Å². The number of nitrogens with one attached hydrogen (secondary N) is 1. The van der Waals surface area contributed by atoms with E-state index >= 15 is 0 Å². The Morgan fingerprint density at radius 2 is 2.05 bits per heavy atom. The Morgan fingerprint density at radius 1 is 1.35 bits per heavy atom. The van der Waals surface area contributed by atoms with E-state index in [0.29, 0.717) is 24.7 Å². The number of amides is 1. The maximum absolute atomic E-state index is 12.6. The van der Waals surface area contributed by atoms with Crippen molar-refractivity contribution in [1.29, 1.82) is 0 Å². The molecule has 2 aromatic rings. The Morgan fingerprint density at radius 3 is 2.70 bits per heavy atom. The van der Waals surface area contributed by atoms with Crippen LogP contribution in [0.4, 0.5) is 0 Å². The molecule has 1 fully saturated rings. The number of hydrogen-bond donors (Lipinski definition) is 2. The predicted octanol–water partition coefficient (Wildman–Crippen LogP) is 2.77. The van der Waals surface area contributed by atoms with Gasteiger partial charge < -0.3 is 15.0 Å². The second kappa shape index (κ2) is 5.58. The van der Waals surface area contributed by atoms with Crippen LogP contribution in [0, 0.1) is 5.92 Å². The molecule has 0 bridgehead atoms. The average Bonchev–Trinajstić information content (AvgIpc) is 2.84. The molecule has 0 atom stereocenters. The van der Waals surface area contributed by atoms with Crippen molar-refractivity contribution in [2.24, 2.45) is 5.92 Å². The van der Waals surface area contributed by atoms with Crippen LogP contribution in [-0.2, 0) is 0 Å². The molecule has 0 radical (unpaired) electrons. The third-order valence-corrected chi connectivity index (χ3v) is 4.84. The van der Waals surface area contributed by atoms with Crippen LogP contribution in [0.15, 0.2) is 28.7 Å². The Balaban J connectivity index is 1.84. The molecule has 1 amide bonds. The van der Waals surface area contributed by atoms with Crippen molar-refractivity contribution in [2.45, 2.75) is 12.8 Å². The summed E-state index contributed by atoms with van der Waals surface area (Å²) in [5.41, 5.74) is 1.58. The molecule has 1 aliphatic heterocycles. The number of aliphatic hydroxyl groups excluding tert-OH is 1. The molecule has 20 heavy (non-hydrogen) atoms. The van der Waals surface area contributed by atoms with E-state index in [1.54, 1.807) is 0 Å². The van der Waals surface area contributed by atoms with Crippen LogP contribution in [0.3, 0.4) is 0 Å². The second-order valence-electron chi connectivity index (χ2n) is 5.28. The van der Waals surface area contributed by atoms with E-state index in [1.165, 1.54) is 0 Å². The molecular weight excluding hydrogens is 320 g/mol. The van der Waals surface area contributed by atoms with Gasteiger partial charge in [-0.1, -0.05) is 18.2 Å². The number of carbonyl (C=O) groups is 1. The fraction of sp³-hybridized carbons (Fsp3) is 0.400. The molecule has 0 aliphatic carbocycles. The second-order valence-corrected chi connectivity index (χ2v) is 6.07. The summed E-state index contributed by atoms with van der Waals surface area (Å²) < 4.78 is 0.836. The standard InChI is InChI=1S/C15H17BrN2O2/c16-13-11-3-1-2-4-12(11)17-14(13)15(20)18-7-5-10(9-19)6-8-18/h1-4,10,17,19H,5-9H2. The fourth-order valence-corrected chi connectivity index (χ4v) is 3.35. The minimum atomic E-state index is 0.0319. The molecule has 2 N–H and O–H groups in total. The molecule has 1 saturated heterocycles. The van der Waals surface area contributed by atoms with Gasteiger partial charge in [-0.25, -0.2) is 0 Å². The van der Waals surface area contributed by atoms with E-state index in [4.69, 9.17) is 5.11 Å². The first kappa shape index (κ1) is 13.6. The van der Waals surface area contributed by atoms with E-state index in [2.05, 4.69) is 20.9 Å². The van der Waals surface area contributed by atoms with Crippen LogP contribution in [0.2, 0.25) is 0 Å². The van der Waals surface area contributed by atoms with Crippen LogP contribution in [0.5, 0.6) is 0 Å². The predicted molar refractivity (Wildman–Crippen MR) is 81.7 cm³/mol. The van der Waals surface area contributed by atoms with Gasteiger partial charge in [0.05, 0.1) is 4.47 Å². The van der Waals surface area contributed by atoms with Crippen molar-refractivity contribution in [2.75, 3.05) is 19.7 Å². The van der Waals surface area contributed by atoms with Crippen LogP contribution in [0.1, 0.15) is 23.3 Å². The van der Waals surface area contributed by atoms with E-state index in [-0.39, 0.29) is 12.5 Å². The van der Waals surface area contributed by atoms with Gasteiger partial charge in [0.25, 0.3) is 5.91 Å². The fourth-order valence-electron chi connectivity index (χ4n) is 2.73. The number of aromatic nitrogens is 1. The van der Waals surface area contributed by atoms with Crippen molar-refractivity contribution >= 4 is 32.7 Å². The van der Waals surface area contributed by atoms with Gasteiger partial charge in [0.15, 0.2) is 0 Å². The van der Waals surface area contributed by atoms with Gasteiger partial charge in [-0.3, -0.25) is 4.79 Å². The van der Waals surface area contributed by atoms with Gasteiger partial charge in [0.2, 0.25) is 0 Å². The molecular formula is C15H17BrN2O2. The molecule has 2 heterocycles. The molecule has 5 heteroatoms. The summed E-state index contributed by atoms with van der Waals surface area (Å²) in [6, 6.07) is 7.87. The number of carbonyl (C=O) groups excluding carboxylic acids is 1. The number of piperidine rings is 1. The van der Waals surface area contributed by atoms with Gasteiger partial charge in [-0.15, -0.1) is 0 Å². The summed E-state index contributed by atoms with van der Waals surface area (Å²) in [7, 11) is 0. The summed E-state index contributed by atoms with van der Waals surface area (Å²) >= 11 is 3.53. The number of hydrogen-bond acceptors (Lipinski definition) is 2. The Bertz CT molecular complexity index is 630. The van der Waals surface area contributed by atoms with Crippen molar-refractivity contribution in [3.05, 3.63) is 34.4 Å². The van der Waals surface area contributed by atoms with Gasteiger partial charge in [-0.05, 0) is 40.8 Å². The number of aliphatic hydroxyl groups is 1. The van der Waals surface area contributed by atoms with Gasteiger partial charge in [0.1, 0.15) is 5.69 Å². The highest BCUT2D eigenvalue weighted by atomic mass is 79.9. The monoisotopic (exact) mass is 336 g/mol. The molecule has 106 valence electrons. The number of para-hydroxylation sites is 1. The average molecular weight is 337 g/mol. The van der Waals surface area contributed by atoms with Gasteiger partial charge in [-0.2, -0.15) is 0 Å². The van der Waals surface area contributed by atoms with Crippen LogP contribution in [-0.4, -0.2) is 40.6 Å². The summed E-state index contributed by atoms with van der Waals surface area (Å²) in [5, 5.41) is 10.2. The highest BCUT2D eigenvalue weighted by molar-refractivity contribution is 9.10. The van der Waals surface area contributed by atoms with E-state index in [1.807, 2.05) is 29.2 Å². The Kier molecular flexibility index (Phi) is 3.81. The zero-order valence-corrected chi connectivity index (χ0v) is 12.7. The lowest BCUT2D eigenvalue weighted by atomic mass is 9.98. The molecule has 1 aromatic carbocycles. The highest BCUT2D eigenvalue weighted by Crippen LogP contribution is 2.29. The summed E-state index contributed by atoms with van der Waals surface area (Å²) in [6.45, 7) is 1.65. The van der Waals surface area contributed by atoms with Gasteiger partial charge >= 0.3 is 0 Å². The lowest BCUT2D eigenvalue weighted by Crippen LogP contribution is -2.39. The number of fused-ring (bicyclic) bond motifs is 1. The number of likely N-dealkylation sites (tertiary alicyclic amines) is 1. The van der Waals surface area contributed by atoms with Gasteiger partial charge in [0, 0.05) is 30.6 Å². The number of aromatic amines is 1. The Labute approximate surface area is 125 Å². The SMILES string of the molecule is O=C(c1[nH]c2ccccc2c1Br)N1CCC(CO)CC1. The first-order valence-corrected chi connectivity index (χ1v) is 7.66. The smallest absolute Gasteiger partial charge is 0.271 e. The van der Waals surface area contributed by atoms with E-state index in [9.17, 15) is 4.79 Å². The third-order valence-electron chi connectivity index (χ3n) is 4.02. The van der Waals surface area contributed by atoms with Crippen LogP contribution < -0.4 is 0 Å². The number of halogens is 1. The number of benzene rings is 1. The highest BCUT2D eigenvalue weighted by Gasteiger charge is 2.26. The maximum atomic E-state index is 12.6. The largest absolute Gasteiger partial charge is 0.396 e. The first-order chi connectivity index (χ1) is 9.70. The molecule has 0 spiro atoms. The topological polar surface area (TPSA) is 56.3 Å². The first-order valence-electron chi connectivity index (χ1n) is 6.87. The minimum absolute atomic E-state index is 0.0319. The Hall–Kier alpha value is -1.33. The third kappa shape index (κ3) is 2.36. The van der Waals surface area contributed by atoms with Crippen LogP contribution >= 0.6 is 15.9 Å². The quantitative estimate of drug-likeness (QED) is 0.885. The summed E-state index contributed by atoms with van der Waals surface area (Å²) in [6.07, 6.45) is 1.75. The molecule has 3 rings (SSSR count). The number of rotatable bonds is 2. The lowest BCUT2D eigenvalue weighted by molar-refractivity contribution is 0.0645.